The van der Waals surface area contributed by atoms with E-state index in [1.165, 1.54) is 0 Å². The number of ether oxygens (including phenoxy) is 2. The van der Waals surface area contributed by atoms with Gasteiger partial charge in [0.05, 0.1) is 24.0 Å². The maximum Gasteiger partial charge on any atom is 0.313 e. The van der Waals surface area contributed by atoms with Crippen molar-refractivity contribution in [3.05, 3.63) is 90.5 Å². The molecule has 2 aromatic carbocycles. The van der Waals surface area contributed by atoms with Crippen LogP contribution in [0.5, 0.6) is 0 Å². The van der Waals surface area contributed by atoms with E-state index in [0.717, 1.165) is 16.8 Å². The third-order valence-corrected chi connectivity index (χ3v) is 11.2. The number of fused-ring (bicyclic) bond motifs is 1. The number of benzene rings is 2. The predicted molar refractivity (Wildman–Crippen MR) is 199 cm³/mol. The zero-order chi connectivity index (χ0) is 36.9. The van der Waals surface area contributed by atoms with Crippen molar-refractivity contribution in [1.82, 2.24) is 10.2 Å². The Balaban J connectivity index is 1.51. The summed E-state index contributed by atoms with van der Waals surface area (Å²) in [6.45, 7) is 13.8. The maximum absolute atomic E-state index is 15.0. The molecule has 3 saturated heterocycles. The van der Waals surface area contributed by atoms with E-state index in [2.05, 4.69) is 34.4 Å². The van der Waals surface area contributed by atoms with Gasteiger partial charge in [0.25, 0.3) is 5.91 Å². The summed E-state index contributed by atoms with van der Waals surface area (Å²) in [6, 6.07) is 13.5. The van der Waals surface area contributed by atoms with E-state index < -0.39 is 47.7 Å². The van der Waals surface area contributed by atoms with Crippen molar-refractivity contribution >= 4 is 45.3 Å². The van der Waals surface area contributed by atoms with Gasteiger partial charge in [0, 0.05) is 36.6 Å². The van der Waals surface area contributed by atoms with Crippen molar-refractivity contribution in [1.29, 1.82) is 0 Å². The van der Waals surface area contributed by atoms with Gasteiger partial charge < -0.3 is 29.7 Å². The van der Waals surface area contributed by atoms with Gasteiger partial charge in [0.2, 0.25) is 11.8 Å². The number of nitrogens with one attached hydrogen (secondary N) is 1. The Labute approximate surface area is 309 Å². The number of anilines is 1. The fraction of sp³-hybridized carbons (Fsp3) is 0.500. The molecular formula is C40H50BrN3O7. The molecule has 2 aromatic rings. The van der Waals surface area contributed by atoms with E-state index in [-0.39, 0.29) is 48.7 Å². The van der Waals surface area contributed by atoms with Gasteiger partial charge in [-0.25, -0.2) is 0 Å². The van der Waals surface area contributed by atoms with Crippen molar-refractivity contribution in [2.45, 2.75) is 94.0 Å². The molecule has 3 aliphatic rings. The van der Waals surface area contributed by atoms with E-state index in [9.17, 15) is 24.3 Å². The normalized spacial score (nSPS) is 25.9. The summed E-state index contributed by atoms with van der Waals surface area (Å²) in [5.74, 6) is -3.36. The van der Waals surface area contributed by atoms with E-state index in [4.69, 9.17) is 9.47 Å². The first kappa shape index (κ1) is 38.4. The molecule has 274 valence electrons. The van der Waals surface area contributed by atoms with Crippen LogP contribution in [0.3, 0.4) is 0 Å². The van der Waals surface area contributed by atoms with Crippen LogP contribution < -0.4 is 10.2 Å². The van der Waals surface area contributed by atoms with Gasteiger partial charge >= 0.3 is 5.97 Å². The molecule has 0 radical (unpaired) electrons. The molecule has 51 heavy (non-hydrogen) atoms. The lowest BCUT2D eigenvalue weighted by atomic mass is 9.70. The number of unbranched alkanes of at least 4 members (excludes halogenated alkanes) is 2. The second-order valence-electron chi connectivity index (χ2n) is 14.0. The molecule has 8 atom stereocenters. The molecule has 3 heterocycles. The largest absolute Gasteiger partial charge is 0.455 e. The average molecular weight is 765 g/mol. The lowest BCUT2D eigenvalue weighted by molar-refractivity contribution is -0.162. The smallest absolute Gasteiger partial charge is 0.313 e. The molecule has 0 saturated carbocycles. The highest BCUT2D eigenvalue weighted by molar-refractivity contribution is 9.09. The Kier molecular flexibility index (Phi) is 12.6. The van der Waals surface area contributed by atoms with Crippen LogP contribution >= 0.6 is 15.9 Å². The molecule has 0 aliphatic carbocycles. The van der Waals surface area contributed by atoms with Crippen LogP contribution in [-0.4, -0.2) is 82.0 Å². The first-order chi connectivity index (χ1) is 24.5. The minimum absolute atomic E-state index is 0.0301. The summed E-state index contributed by atoms with van der Waals surface area (Å²) in [7, 11) is 0. The number of likely N-dealkylation sites (tertiary alicyclic amines) is 1. The molecular weight excluding hydrogens is 714 g/mol. The SMILES string of the molecule is C=CCCC(=O)N[C@H](C)[C@@H](OC(=O)[C@@H]1[C@H]2O[C@@]3(CC2Br)[C@H](C(=O)N(CC=C)c2cc(C)ccc2C)N(CCCCCO)C(=O)[C@@H]13)c1ccccc1. The van der Waals surface area contributed by atoms with Crippen molar-refractivity contribution in [2.75, 3.05) is 24.6 Å². The molecule has 2 bridgehead atoms. The predicted octanol–water partition coefficient (Wildman–Crippen LogP) is 5.49. The van der Waals surface area contributed by atoms with Crippen molar-refractivity contribution in [2.24, 2.45) is 11.8 Å². The van der Waals surface area contributed by atoms with Gasteiger partial charge in [-0.1, -0.05) is 70.5 Å². The molecule has 1 spiro atoms. The van der Waals surface area contributed by atoms with E-state index in [0.29, 0.717) is 37.7 Å². The fourth-order valence-corrected chi connectivity index (χ4v) is 8.97. The van der Waals surface area contributed by atoms with Gasteiger partial charge in [-0.05, 0) is 75.6 Å². The number of carbonyl (C=O) groups excluding carboxylic acids is 4. The number of allylic oxidation sites excluding steroid dienone is 1. The van der Waals surface area contributed by atoms with Crippen LogP contribution in [0.15, 0.2) is 73.8 Å². The van der Waals surface area contributed by atoms with Gasteiger partial charge in [-0.15, -0.1) is 13.2 Å². The van der Waals surface area contributed by atoms with E-state index in [1.54, 1.807) is 28.9 Å². The van der Waals surface area contributed by atoms with Crippen LogP contribution in [0, 0.1) is 25.7 Å². The Morgan fingerprint density at radius 3 is 2.57 bits per heavy atom. The molecule has 5 rings (SSSR count). The first-order valence-electron chi connectivity index (χ1n) is 17.9. The average Bonchev–Trinajstić information content (AvgIpc) is 3.71. The summed E-state index contributed by atoms with van der Waals surface area (Å²) < 4.78 is 13.1. The Hall–Kier alpha value is -3.80. The number of alkyl halides is 1. The van der Waals surface area contributed by atoms with Crippen LogP contribution in [0.25, 0.3) is 0 Å². The summed E-state index contributed by atoms with van der Waals surface area (Å²) in [6.07, 6.45) is 4.71. The number of amides is 3. The zero-order valence-corrected chi connectivity index (χ0v) is 31.3. The summed E-state index contributed by atoms with van der Waals surface area (Å²) >= 11 is 3.76. The third-order valence-electron chi connectivity index (χ3n) is 10.4. The number of aliphatic hydroxyl groups is 1. The number of hydrogen-bond acceptors (Lipinski definition) is 7. The summed E-state index contributed by atoms with van der Waals surface area (Å²) in [5.41, 5.74) is 2.02. The van der Waals surface area contributed by atoms with Crippen molar-refractivity contribution < 1.29 is 33.8 Å². The number of aliphatic hydroxyl groups excluding tert-OH is 1. The van der Waals surface area contributed by atoms with Crippen LogP contribution in [0.2, 0.25) is 0 Å². The number of aryl methyl sites for hydroxylation is 2. The number of carbonyl (C=O) groups is 4. The quantitative estimate of drug-likeness (QED) is 0.0946. The minimum atomic E-state index is -1.28. The second kappa shape index (κ2) is 16.7. The fourth-order valence-electron chi connectivity index (χ4n) is 8.02. The summed E-state index contributed by atoms with van der Waals surface area (Å²) in [4.78, 5) is 59.8. The van der Waals surface area contributed by atoms with E-state index >= 15 is 0 Å². The third kappa shape index (κ3) is 7.71. The lowest BCUT2D eigenvalue weighted by Crippen LogP contribution is -2.57. The molecule has 11 heteroatoms. The lowest BCUT2D eigenvalue weighted by Gasteiger charge is -2.37. The minimum Gasteiger partial charge on any atom is -0.455 e. The highest BCUT2D eigenvalue weighted by Crippen LogP contribution is 2.60. The maximum atomic E-state index is 15.0. The Morgan fingerprint density at radius 1 is 1.14 bits per heavy atom. The second-order valence-corrected chi connectivity index (χ2v) is 15.1. The number of nitrogens with zero attached hydrogens (tertiary/aromatic N) is 2. The van der Waals surface area contributed by atoms with Gasteiger partial charge in [-0.3, -0.25) is 19.2 Å². The highest BCUT2D eigenvalue weighted by Gasteiger charge is 2.77. The molecule has 3 aliphatic heterocycles. The van der Waals surface area contributed by atoms with Gasteiger partial charge in [0.1, 0.15) is 17.7 Å². The monoisotopic (exact) mass is 763 g/mol. The molecule has 0 aromatic heterocycles. The standard InChI is InChI=1S/C40H50BrN3O7/c1-6-8-17-31(46)42-27(5)34(28-15-11-9-12-16-28)50-39(49)32-33-37(47)44(21-13-10-14-22-45)36(40(33)24-29(41)35(32)51-40)38(48)43(20-7-2)30-23-25(3)18-19-26(30)4/h6-7,9,11-12,15-16,18-19,23,27,29,32-36,45H,1-2,8,10,13-14,17,20-22,24H2,3-5H3,(H,42,46)/t27-,29?,32+,33-,34-,35+,36+,40-/m1/s1. The first-order valence-corrected chi connectivity index (χ1v) is 18.8. The number of hydrogen-bond donors (Lipinski definition) is 2. The number of esters is 1. The molecule has 2 N–H and O–H groups in total. The highest BCUT2D eigenvalue weighted by atomic mass is 79.9. The topological polar surface area (TPSA) is 125 Å². The van der Waals surface area contributed by atoms with Crippen molar-refractivity contribution in [3.63, 3.8) is 0 Å². The van der Waals surface area contributed by atoms with Crippen LogP contribution in [0.4, 0.5) is 5.69 Å². The number of rotatable bonds is 17. The zero-order valence-electron chi connectivity index (χ0n) is 29.8. The number of halogens is 1. The van der Waals surface area contributed by atoms with Gasteiger partial charge in [0.15, 0.2) is 0 Å². The summed E-state index contributed by atoms with van der Waals surface area (Å²) in [5, 5.41) is 12.4. The van der Waals surface area contributed by atoms with Crippen LogP contribution in [0.1, 0.15) is 68.2 Å². The van der Waals surface area contributed by atoms with Crippen LogP contribution in [-0.2, 0) is 28.7 Å². The van der Waals surface area contributed by atoms with E-state index in [1.807, 2.05) is 62.4 Å². The molecule has 10 nitrogen and oxygen atoms in total. The van der Waals surface area contributed by atoms with Crippen molar-refractivity contribution in [3.8, 4) is 0 Å². The Bertz CT molecular complexity index is 1620. The molecule has 3 amide bonds. The van der Waals surface area contributed by atoms with Gasteiger partial charge in [-0.2, -0.15) is 0 Å². The molecule has 1 unspecified atom stereocenters. The molecule has 3 fully saturated rings. The Morgan fingerprint density at radius 2 is 1.88 bits per heavy atom.